The Balaban J connectivity index is 1.31. The maximum atomic E-state index is 13.9. The van der Waals surface area contributed by atoms with Crippen LogP contribution in [0.15, 0.2) is 66.7 Å². The Morgan fingerprint density at radius 3 is 1.89 bits per heavy atom. The number of amides is 1. The van der Waals surface area contributed by atoms with Gasteiger partial charge in [0.15, 0.2) is 0 Å². The summed E-state index contributed by atoms with van der Waals surface area (Å²) in [6.07, 6.45) is 3.89. The van der Waals surface area contributed by atoms with Crippen LogP contribution < -0.4 is 9.47 Å². The number of ether oxygens (including phenoxy) is 2. The first-order valence-electron chi connectivity index (χ1n) is 13.3. The van der Waals surface area contributed by atoms with E-state index >= 15 is 0 Å². The van der Waals surface area contributed by atoms with Crippen molar-refractivity contribution in [1.29, 1.82) is 0 Å². The highest BCUT2D eigenvalue weighted by Gasteiger charge is 2.38. The van der Waals surface area contributed by atoms with Crippen LogP contribution >= 0.6 is 0 Å². The number of aromatic nitrogens is 2. The van der Waals surface area contributed by atoms with Gasteiger partial charge in [-0.05, 0) is 24.0 Å². The van der Waals surface area contributed by atoms with Crippen molar-refractivity contribution in [2.45, 2.75) is 37.6 Å². The minimum atomic E-state index is -0.115. The normalized spacial score (nSPS) is 20.6. The van der Waals surface area contributed by atoms with E-state index in [1.165, 1.54) is 11.1 Å². The maximum absolute atomic E-state index is 13.9. The van der Waals surface area contributed by atoms with Crippen molar-refractivity contribution in [2.24, 2.45) is 5.92 Å². The van der Waals surface area contributed by atoms with Crippen LogP contribution in [0.4, 0.5) is 0 Å². The molecule has 0 unspecified atom stereocenters. The molecular weight excluding hydrogens is 464 g/mol. The first kappa shape index (κ1) is 25.2. The van der Waals surface area contributed by atoms with E-state index in [-0.39, 0.29) is 23.8 Å². The van der Waals surface area contributed by atoms with Crippen LogP contribution in [0, 0.1) is 5.92 Å². The number of carbonyl (C=O) groups is 1. The second kappa shape index (κ2) is 11.7. The van der Waals surface area contributed by atoms with Gasteiger partial charge in [0.05, 0.1) is 26.3 Å². The number of hydrogen-bond acceptors (Lipinski definition) is 6. The third kappa shape index (κ3) is 5.62. The Kier molecular flexibility index (Phi) is 7.99. The smallest absolute Gasteiger partial charge is 0.226 e. The number of carbonyl (C=O) groups excluding carboxylic acids is 1. The van der Waals surface area contributed by atoms with Crippen molar-refractivity contribution in [3.8, 4) is 11.8 Å². The van der Waals surface area contributed by atoms with Gasteiger partial charge in [0.25, 0.3) is 0 Å². The standard InChI is InChI=1S/C30H36N4O3/c1-36-26-21-27(37-2)32-29(31-26)24-15-9-10-16-25(24)30(35)34-19-17-33(18-20-34)28(22-11-5-3-6-12-22)23-13-7-4-8-14-23/h3-8,11-14,21,24-25,28H,9-10,15-20H2,1-2H3/t24-,25+/m0/s1. The first-order valence-corrected chi connectivity index (χ1v) is 13.3. The Bertz CT molecular complexity index is 1100. The van der Waals surface area contributed by atoms with E-state index < -0.39 is 0 Å². The summed E-state index contributed by atoms with van der Waals surface area (Å²) >= 11 is 0. The lowest BCUT2D eigenvalue weighted by Gasteiger charge is -2.42. The summed E-state index contributed by atoms with van der Waals surface area (Å²) in [7, 11) is 3.18. The lowest BCUT2D eigenvalue weighted by atomic mass is 9.77. The quantitative estimate of drug-likeness (QED) is 0.468. The molecular formula is C30H36N4O3. The second-order valence-electron chi connectivity index (χ2n) is 9.89. The van der Waals surface area contributed by atoms with Crippen molar-refractivity contribution in [1.82, 2.24) is 19.8 Å². The minimum Gasteiger partial charge on any atom is -0.481 e. The van der Waals surface area contributed by atoms with Gasteiger partial charge in [-0.15, -0.1) is 0 Å². The minimum absolute atomic E-state index is 0.0235. The van der Waals surface area contributed by atoms with E-state index in [1.54, 1.807) is 20.3 Å². The van der Waals surface area contributed by atoms with E-state index in [4.69, 9.17) is 9.47 Å². The van der Waals surface area contributed by atoms with Crippen LogP contribution in [0.5, 0.6) is 11.8 Å². The summed E-state index contributed by atoms with van der Waals surface area (Å²) in [6, 6.07) is 23.2. The molecule has 7 heteroatoms. The van der Waals surface area contributed by atoms with E-state index in [0.29, 0.717) is 17.6 Å². The average Bonchev–Trinajstić information content (AvgIpc) is 2.98. The maximum Gasteiger partial charge on any atom is 0.226 e. The van der Waals surface area contributed by atoms with E-state index in [0.717, 1.165) is 51.9 Å². The lowest BCUT2D eigenvalue weighted by Crippen LogP contribution is -2.52. The van der Waals surface area contributed by atoms with Crippen LogP contribution in [-0.4, -0.2) is 66.1 Å². The molecule has 2 fully saturated rings. The van der Waals surface area contributed by atoms with Gasteiger partial charge in [-0.1, -0.05) is 73.5 Å². The van der Waals surface area contributed by atoms with Crippen LogP contribution in [0.1, 0.15) is 54.6 Å². The highest BCUT2D eigenvalue weighted by atomic mass is 16.5. The number of piperazine rings is 1. The molecule has 194 valence electrons. The molecule has 2 atom stereocenters. The highest BCUT2D eigenvalue weighted by Crippen LogP contribution is 2.39. The Morgan fingerprint density at radius 1 is 0.811 bits per heavy atom. The molecule has 5 rings (SSSR count). The van der Waals surface area contributed by atoms with Crippen molar-refractivity contribution >= 4 is 5.91 Å². The fourth-order valence-electron chi connectivity index (χ4n) is 5.85. The van der Waals surface area contributed by atoms with Gasteiger partial charge in [0.2, 0.25) is 17.7 Å². The fourth-order valence-corrected chi connectivity index (χ4v) is 5.85. The molecule has 1 saturated carbocycles. The van der Waals surface area contributed by atoms with Crippen LogP contribution in [0.3, 0.4) is 0 Å². The largest absolute Gasteiger partial charge is 0.481 e. The monoisotopic (exact) mass is 500 g/mol. The Hall–Kier alpha value is -3.45. The molecule has 0 bridgehead atoms. The molecule has 2 aliphatic rings. The molecule has 37 heavy (non-hydrogen) atoms. The van der Waals surface area contributed by atoms with Crippen LogP contribution in [-0.2, 0) is 4.79 Å². The Morgan fingerprint density at radius 2 is 1.35 bits per heavy atom. The molecule has 1 aromatic heterocycles. The van der Waals surface area contributed by atoms with Gasteiger partial charge < -0.3 is 14.4 Å². The van der Waals surface area contributed by atoms with Gasteiger partial charge >= 0.3 is 0 Å². The highest BCUT2D eigenvalue weighted by molar-refractivity contribution is 5.80. The molecule has 3 aromatic rings. The zero-order chi connectivity index (χ0) is 25.6. The third-order valence-electron chi connectivity index (χ3n) is 7.75. The number of hydrogen-bond donors (Lipinski definition) is 0. The summed E-state index contributed by atoms with van der Waals surface area (Å²) in [5.74, 6) is 1.69. The fraction of sp³-hybridized carbons (Fsp3) is 0.433. The van der Waals surface area contributed by atoms with E-state index in [1.807, 2.05) is 0 Å². The van der Waals surface area contributed by atoms with Gasteiger partial charge in [-0.2, -0.15) is 9.97 Å². The number of benzene rings is 2. The summed E-state index contributed by atoms with van der Waals surface area (Å²) in [5.41, 5.74) is 2.56. The SMILES string of the molecule is COc1cc(OC)nc([C@H]2CCCC[C@H]2C(=O)N2CCN(C(c3ccccc3)c3ccccc3)CC2)n1. The molecule has 1 saturated heterocycles. The van der Waals surface area contributed by atoms with E-state index in [9.17, 15) is 4.79 Å². The molecule has 0 N–H and O–H groups in total. The van der Waals surface area contributed by atoms with Gasteiger partial charge in [0, 0.05) is 38.0 Å². The van der Waals surface area contributed by atoms with Gasteiger partial charge in [-0.25, -0.2) is 0 Å². The average molecular weight is 501 g/mol. The summed E-state index contributed by atoms with van der Waals surface area (Å²) < 4.78 is 10.8. The molecule has 1 aliphatic carbocycles. The molecule has 2 heterocycles. The molecule has 7 nitrogen and oxygen atoms in total. The third-order valence-corrected chi connectivity index (χ3v) is 7.75. The first-order chi connectivity index (χ1) is 18.2. The summed E-state index contributed by atoms with van der Waals surface area (Å²) in [6.45, 7) is 3.11. The molecule has 2 aromatic carbocycles. The van der Waals surface area contributed by atoms with Crippen LogP contribution in [0.25, 0.3) is 0 Å². The zero-order valence-corrected chi connectivity index (χ0v) is 21.8. The Labute approximate surface area is 219 Å². The van der Waals surface area contributed by atoms with Crippen molar-refractivity contribution in [2.75, 3.05) is 40.4 Å². The molecule has 1 aliphatic heterocycles. The molecule has 0 spiro atoms. The van der Waals surface area contributed by atoms with Gasteiger partial charge in [0.1, 0.15) is 5.82 Å². The number of rotatable bonds is 7. The van der Waals surface area contributed by atoms with Crippen LogP contribution in [0.2, 0.25) is 0 Å². The van der Waals surface area contributed by atoms with Crippen molar-refractivity contribution < 1.29 is 14.3 Å². The van der Waals surface area contributed by atoms with Gasteiger partial charge in [-0.3, -0.25) is 9.69 Å². The number of methoxy groups -OCH3 is 2. The predicted octanol–water partition coefficient (Wildman–Crippen LogP) is 4.70. The second-order valence-corrected chi connectivity index (χ2v) is 9.89. The summed E-state index contributed by atoms with van der Waals surface area (Å²) in [4.78, 5) is 27.6. The molecule has 1 amide bonds. The summed E-state index contributed by atoms with van der Waals surface area (Å²) in [5, 5.41) is 0. The number of nitrogens with zero attached hydrogens (tertiary/aromatic N) is 4. The predicted molar refractivity (Wildman–Crippen MR) is 143 cm³/mol. The zero-order valence-electron chi connectivity index (χ0n) is 21.8. The molecule has 0 radical (unpaired) electrons. The van der Waals surface area contributed by atoms with Crippen molar-refractivity contribution in [3.63, 3.8) is 0 Å². The topological polar surface area (TPSA) is 67.8 Å². The lowest BCUT2D eigenvalue weighted by molar-refractivity contribution is -0.139. The van der Waals surface area contributed by atoms with E-state index in [2.05, 4.69) is 80.4 Å². The van der Waals surface area contributed by atoms with Crippen molar-refractivity contribution in [3.05, 3.63) is 83.7 Å².